The Kier molecular flexibility index (Phi) is 2.54. The summed E-state index contributed by atoms with van der Waals surface area (Å²) in [6.45, 7) is 2.72. The predicted octanol–water partition coefficient (Wildman–Crippen LogP) is 1.82. The predicted molar refractivity (Wildman–Crippen MR) is 46.6 cm³/mol. The number of alkyl halides is 2. The number of rotatable bonds is 3. The molecule has 0 unspecified atom stereocenters. The molecule has 0 saturated carbocycles. The molecule has 0 bridgehead atoms. The van der Waals surface area contributed by atoms with Crippen molar-refractivity contribution >= 4 is 5.69 Å². The summed E-state index contributed by atoms with van der Waals surface area (Å²) in [6, 6.07) is 0. The van der Waals surface area contributed by atoms with E-state index in [2.05, 4.69) is 5.10 Å². The highest BCUT2D eigenvalue weighted by atomic mass is 19.3. The maximum absolute atomic E-state index is 12.9. The molecule has 5 heteroatoms. The van der Waals surface area contributed by atoms with Crippen LogP contribution >= 0.6 is 0 Å². The smallest absolute Gasteiger partial charge is 0.267 e. The van der Waals surface area contributed by atoms with E-state index in [4.69, 9.17) is 5.73 Å². The van der Waals surface area contributed by atoms with Crippen LogP contribution in [-0.4, -0.2) is 15.7 Å². The Hall–Kier alpha value is -1.13. The third-order valence-corrected chi connectivity index (χ3v) is 2.04. The zero-order valence-corrected chi connectivity index (χ0v) is 7.72. The van der Waals surface area contributed by atoms with Crippen molar-refractivity contribution in [3.63, 3.8) is 0 Å². The van der Waals surface area contributed by atoms with Crippen molar-refractivity contribution in [2.24, 2.45) is 0 Å². The van der Waals surface area contributed by atoms with Gasteiger partial charge in [-0.15, -0.1) is 0 Å². The fraction of sp³-hybridized carbons (Fsp3) is 0.625. The van der Waals surface area contributed by atoms with Crippen molar-refractivity contribution in [3.8, 4) is 0 Å². The SMILES string of the molecule is CCC(F)(F)Cn1ncc(N)c1C. The number of aromatic nitrogens is 2. The van der Waals surface area contributed by atoms with Crippen LogP contribution in [0.1, 0.15) is 19.0 Å². The monoisotopic (exact) mass is 189 g/mol. The maximum atomic E-state index is 12.9. The van der Waals surface area contributed by atoms with Gasteiger partial charge < -0.3 is 5.73 Å². The molecule has 0 fully saturated rings. The summed E-state index contributed by atoms with van der Waals surface area (Å²) in [7, 11) is 0. The minimum Gasteiger partial charge on any atom is -0.396 e. The molecule has 0 atom stereocenters. The highest BCUT2D eigenvalue weighted by molar-refractivity contribution is 5.39. The number of nitrogens with zero attached hydrogens (tertiary/aromatic N) is 2. The van der Waals surface area contributed by atoms with Gasteiger partial charge in [0.25, 0.3) is 5.92 Å². The second kappa shape index (κ2) is 3.32. The molecule has 1 rings (SSSR count). The molecule has 1 aromatic heterocycles. The van der Waals surface area contributed by atoms with Crippen LogP contribution in [0.25, 0.3) is 0 Å². The molecule has 0 amide bonds. The van der Waals surface area contributed by atoms with E-state index >= 15 is 0 Å². The van der Waals surface area contributed by atoms with Gasteiger partial charge in [0.05, 0.1) is 17.6 Å². The van der Waals surface area contributed by atoms with Crippen LogP contribution in [0, 0.1) is 6.92 Å². The van der Waals surface area contributed by atoms with Gasteiger partial charge in [-0.2, -0.15) is 5.10 Å². The lowest BCUT2D eigenvalue weighted by molar-refractivity contribution is -0.0233. The standard InChI is InChI=1S/C8H13F2N3/c1-3-8(9,10)5-13-6(2)7(11)4-12-13/h4H,3,5,11H2,1-2H3. The van der Waals surface area contributed by atoms with Gasteiger partial charge in [-0.25, -0.2) is 8.78 Å². The van der Waals surface area contributed by atoms with Crippen LogP contribution in [0.3, 0.4) is 0 Å². The zero-order valence-electron chi connectivity index (χ0n) is 7.72. The lowest BCUT2D eigenvalue weighted by atomic mass is 10.2. The third-order valence-electron chi connectivity index (χ3n) is 2.04. The molecule has 1 heterocycles. The molecule has 13 heavy (non-hydrogen) atoms. The fourth-order valence-corrected chi connectivity index (χ4v) is 0.951. The Bertz CT molecular complexity index is 294. The van der Waals surface area contributed by atoms with Gasteiger partial charge in [-0.1, -0.05) is 6.92 Å². The van der Waals surface area contributed by atoms with E-state index < -0.39 is 12.5 Å². The summed E-state index contributed by atoms with van der Waals surface area (Å²) in [4.78, 5) is 0. The third kappa shape index (κ3) is 2.17. The van der Waals surface area contributed by atoms with E-state index in [0.717, 1.165) is 0 Å². The fourth-order valence-electron chi connectivity index (χ4n) is 0.951. The van der Waals surface area contributed by atoms with Crippen LogP contribution in [-0.2, 0) is 6.54 Å². The van der Waals surface area contributed by atoms with Gasteiger partial charge in [0, 0.05) is 6.42 Å². The molecule has 2 N–H and O–H groups in total. The molecule has 74 valence electrons. The van der Waals surface area contributed by atoms with Gasteiger partial charge in [0.2, 0.25) is 0 Å². The van der Waals surface area contributed by atoms with Gasteiger partial charge in [0.15, 0.2) is 0 Å². The van der Waals surface area contributed by atoms with Crippen molar-refractivity contribution in [1.82, 2.24) is 9.78 Å². The number of nitrogens with two attached hydrogens (primary N) is 1. The van der Waals surface area contributed by atoms with E-state index in [1.54, 1.807) is 6.92 Å². The van der Waals surface area contributed by atoms with Gasteiger partial charge >= 0.3 is 0 Å². The first-order chi connectivity index (χ1) is 5.96. The van der Waals surface area contributed by atoms with E-state index in [-0.39, 0.29) is 6.42 Å². The molecule has 0 aromatic carbocycles. The minimum atomic E-state index is -2.71. The Morgan fingerprint density at radius 1 is 1.62 bits per heavy atom. The average Bonchev–Trinajstić information content (AvgIpc) is 2.36. The van der Waals surface area contributed by atoms with E-state index in [1.165, 1.54) is 17.8 Å². The molecule has 0 aliphatic carbocycles. The first-order valence-corrected chi connectivity index (χ1v) is 4.12. The molecule has 3 nitrogen and oxygen atoms in total. The number of hydrogen-bond donors (Lipinski definition) is 1. The van der Waals surface area contributed by atoms with Crippen LogP contribution in [0.2, 0.25) is 0 Å². The highest BCUT2D eigenvalue weighted by Gasteiger charge is 2.27. The van der Waals surface area contributed by atoms with Crippen LogP contribution < -0.4 is 5.73 Å². The Morgan fingerprint density at radius 2 is 2.23 bits per heavy atom. The van der Waals surface area contributed by atoms with E-state index in [0.29, 0.717) is 11.4 Å². The lowest BCUT2D eigenvalue weighted by Crippen LogP contribution is -2.24. The first kappa shape index (κ1) is 9.95. The lowest BCUT2D eigenvalue weighted by Gasteiger charge is -2.14. The number of hydrogen-bond acceptors (Lipinski definition) is 2. The second-order valence-corrected chi connectivity index (χ2v) is 3.05. The van der Waals surface area contributed by atoms with Gasteiger partial charge in [-0.3, -0.25) is 4.68 Å². The van der Waals surface area contributed by atoms with Crippen molar-refractivity contribution in [3.05, 3.63) is 11.9 Å². The maximum Gasteiger partial charge on any atom is 0.267 e. The number of halogens is 2. The van der Waals surface area contributed by atoms with Crippen molar-refractivity contribution in [2.45, 2.75) is 32.7 Å². The van der Waals surface area contributed by atoms with Crippen LogP contribution in [0.15, 0.2) is 6.20 Å². The Morgan fingerprint density at radius 3 is 2.62 bits per heavy atom. The first-order valence-electron chi connectivity index (χ1n) is 4.12. The topological polar surface area (TPSA) is 43.8 Å². The number of anilines is 1. The summed E-state index contributed by atoms with van der Waals surface area (Å²) in [5, 5.41) is 3.76. The molecule has 0 saturated heterocycles. The molecule has 0 aliphatic heterocycles. The van der Waals surface area contributed by atoms with Crippen LogP contribution in [0.5, 0.6) is 0 Å². The summed E-state index contributed by atoms with van der Waals surface area (Å²) < 4.78 is 27.1. The molecule has 0 spiro atoms. The summed E-state index contributed by atoms with van der Waals surface area (Å²) in [6.07, 6.45) is 1.20. The minimum absolute atomic E-state index is 0.188. The summed E-state index contributed by atoms with van der Waals surface area (Å²) in [5.74, 6) is -2.71. The van der Waals surface area contributed by atoms with Crippen molar-refractivity contribution in [2.75, 3.05) is 5.73 Å². The summed E-state index contributed by atoms with van der Waals surface area (Å²) in [5.41, 5.74) is 6.51. The molecular weight excluding hydrogens is 176 g/mol. The Labute approximate surface area is 75.5 Å². The van der Waals surface area contributed by atoms with Gasteiger partial charge in [-0.05, 0) is 6.92 Å². The quantitative estimate of drug-likeness (QED) is 0.788. The Balaban J connectivity index is 2.80. The summed E-state index contributed by atoms with van der Waals surface area (Å²) >= 11 is 0. The highest BCUT2D eigenvalue weighted by Crippen LogP contribution is 2.21. The van der Waals surface area contributed by atoms with E-state index in [9.17, 15) is 8.78 Å². The van der Waals surface area contributed by atoms with Crippen molar-refractivity contribution in [1.29, 1.82) is 0 Å². The molecular formula is C8H13F2N3. The molecule has 0 aliphatic rings. The number of nitrogen functional groups attached to an aromatic ring is 1. The molecule has 0 radical (unpaired) electrons. The van der Waals surface area contributed by atoms with Crippen molar-refractivity contribution < 1.29 is 8.78 Å². The largest absolute Gasteiger partial charge is 0.396 e. The normalized spacial score (nSPS) is 12.0. The van der Waals surface area contributed by atoms with Gasteiger partial charge in [0.1, 0.15) is 6.54 Å². The average molecular weight is 189 g/mol. The molecule has 1 aromatic rings. The van der Waals surface area contributed by atoms with Crippen LogP contribution in [0.4, 0.5) is 14.5 Å². The zero-order chi connectivity index (χ0) is 10.1. The second-order valence-electron chi connectivity index (χ2n) is 3.05. The van der Waals surface area contributed by atoms with E-state index in [1.807, 2.05) is 0 Å².